The van der Waals surface area contributed by atoms with Crippen LogP contribution in [0.15, 0.2) is 24.3 Å². The Kier molecular flexibility index (Phi) is 6.97. The van der Waals surface area contributed by atoms with Crippen LogP contribution in [-0.4, -0.2) is 30.6 Å². The fourth-order valence-corrected chi connectivity index (χ4v) is 1.92. The molecular formula is C15H24N2O2. The van der Waals surface area contributed by atoms with Gasteiger partial charge in [0.2, 0.25) is 5.91 Å². The molecule has 1 amide bonds. The Hall–Kier alpha value is -1.55. The van der Waals surface area contributed by atoms with Crippen LogP contribution in [0.1, 0.15) is 32.3 Å². The van der Waals surface area contributed by atoms with E-state index in [0.717, 1.165) is 17.7 Å². The number of carbonyl (C=O) groups is 1. The van der Waals surface area contributed by atoms with E-state index in [0.29, 0.717) is 32.7 Å². The third kappa shape index (κ3) is 5.75. The third-order valence-electron chi connectivity index (χ3n) is 2.94. The number of hydrogen-bond donors (Lipinski definition) is 1. The second-order valence-electron chi connectivity index (χ2n) is 4.45. The van der Waals surface area contributed by atoms with E-state index in [9.17, 15) is 4.79 Å². The average molecular weight is 264 g/mol. The van der Waals surface area contributed by atoms with Gasteiger partial charge in [0.05, 0.1) is 0 Å². The van der Waals surface area contributed by atoms with Gasteiger partial charge in [0.25, 0.3) is 0 Å². The summed E-state index contributed by atoms with van der Waals surface area (Å²) < 4.78 is 5.24. The minimum Gasteiger partial charge on any atom is -0.399 e. The highest BCUT2D eigenvalue weighted by atomic mass is 16.5. The van der Waals surface area contributed by atoms with E-state index in [-0.39, 0.29) is 5.91 Å². The smallest absolute Gasteiger partial charge is 0.222 e. The molecule has 4 heteroatoms. The van der Waals surface area contributed by atoms with E-state index in [4.69, 9.17) is 10.5 Å². The lowest BCUT2D eigenvalue weighted by molar-refractivity contribution is -0.132. The lowest BCUT2D eigenvalue weighted by atomic mass is 10.2. The van der Waals surface area contributed by atoms with Gasteiger partial charge < -0.3 is 15.4 Å². The Bertz CT molecular complexity index is 393. The van der Waals surface area contributed by atoms with Gasteiger partial charge in [-0.2, -0.15) is 0 Å². The first kappa shape index (κ1) is 15.5. The standard InChI is InChI=1S/C15H24N2O2/c1-3-17(15(18)9-6-10-19-4-2)12-13-7-5-8-14(16)11-13/h5,7-8,11H,3-4,6,9-10,12,16H2,1-2H3. The molecule has 2 N–H and O–H groups in total. The minimum absolute atomic E-state index is 0.171. The molecule has 106 valence electrons. The van der Waals surface area contributed by atoms with Gasteiger partial charge in [0.1, 0.15) is 0 Å². The van der Waals surface area contributed by atoms with Crippen molar-refractivity contribution in [3.63, 3.8) is 0 Å². The van der Waals surface area contributed by atoms with Crippen molar-refractivity contribution >= 4 is 11.6 Å². The molecule has 0 saturated heterocycles. The van der Waals surface area contributed by atoms with Crippen LogP contribution in [0.4, 0.5) is 5.69 Å². The van der Waals surface area contributed by atoms with Crippen molar-refractivity contribution in [2.45, 2.75) is 33.2 Å². The van der Waals surface area contributed by atoms with Crippen LogP contribution in [0, 0.1) is 0 Å². The topological polar surface area (TPSA) is 55.6 Å². The summed E-state index contributed by atoms with van der Waals surface area (Å²) in [5.41, 5.74) is 7.55. The van der Waals surface area contributed by atoms with Gasteiger partial charge in [-0.1, -0.05) is 12.1 Å². The molecule has 1 aromatic rings. The Morgan fingerprint density at radius 1 is 1.37 bits per heavy atom. The summed E-state index contributed by atoms with van der Waals surface area (Å²) >= 11 is 0. The molecule has 0 aliphatic carbocycles. The average Bonchev–Trinajstić information content (AvgIpc) is 2.41. The molecule has 0 saturated carbocycles. The van der Waals surface area contributed by atoms with Gasteiger partial charge in [0, 0.05) is 38.4 Å². The maximum Gasteiger partial charge on any atom is 0.222 e. The second-order valence-corrected chi connectivity index (χ2v) is 4.45. The highest BCUT2D eigenvalue weighted by molar-refractivity contribution is 5.76. The van der Waals surface area contributed by atoms with Crippen LogP contribution in [-0.2, 0) is 16.1 Å². The highest BCUT2D eigenvalue weighted by Crippen LogP contribution is 2.11. The molecule has 0 aromatic heterocycles. The first-order chi connectivity index (χ1) is 9.17. The van der Waals surface area contributed by atoms with Crippen LogP contribution in [0.3, 0.4) is 0 Å². The van der Waals surface area contributed by atoms with Crippen molar-refractivity contribution in [2.24, 2.45) is 0 Å². The zero-order valence-corrected chi connectivity index (χ0v) is 11.9. The van der Waals surface area contributed by atoms with Gasteiger partial charge in [-0.25, -0.2) is 0 Å². The number of carbonyl (C=O) groups excluding carboxylic acids is 1. The molecule has 4 nitrogen and oxygen atoms in total. The number of anilines is 1. The van der Waals surface area contributed by atoms with Crippen molar-refractivity contribution in [2.75, 3.05) is 25.5 Å². The lowest BCUT2D eigenvalue weighted by Gasteiger charge is -2.21. The van der Waals surface area contributed by atoms with Gasteiger partial charge >= 0.3 is 0 Å². The molecule has 0 bridgehead atoms. The molecule has 0 unspecified atom stereocenters. The zero-order chi connectivity index (χ0) is 14.1. The molecule has 1 aromatic carbocycles. The summed E-state index contributed by atoms with van der Waals surface area (Å²) in [4.78, 5) is 13.9. The number of amides is 1. The zero-order valence-electron chi connectivity index (χ0n) is 11.9. The molecule has 0 fully saturated rings. The second kappa shape index (κ2) is 8.53. The Morgan fingerprint density at radius 3 is 2.79 bits per heavy atom. The Morgan fingerprint density at radius 2 is 2.16 bits per heavy atom. The van der Waals surface area contributed by atoms with Crippen molar-refractivity contribution in [3.8, 4) is 0 Å². The summed E-state index contributed by atoms with van der Waals surface area (Å²) in [6, 6.07) is 7.67. The normalized spacial score (nSPS) is 10.4. The number of ether oxygens (including phenoxy) is 1. The monoisotopic (exact) mass is 264 g/mol. The van der Waals surface area contributed by atoms with Crippen molar-refractivity contribution < 1.29 is 9.53 Å². The van der Waals surface area contributed by atoms with E-state index in [1.807, 2.05) is 43.0 Å². The first-order valence-electron chi connectivity index (χ1n) is 6.87. The SMILES string of the molecule is CCOCCCC(=O)N(CC)Cc1cccc(N)c1. The molecule has 1 rings (SSSR count). The lowest BCUT2D eigenvalue weighted by Crippen LogP contribution is -2.30. The summed E-state index contributed by atoms with van der Waals surface area (Å²) in [5, 5.41) is 0. The third-order valence-corrected chi connectivity index (χ3v) is 2.94. The predicted molar refractivity (Wildman–Crippen MR) is 77.7 cm³/mol. The summed E-state index contributed by atoms with van der Waals surface area (Å²) in [5.74, 6) is 0.171. The Labute approximate surface area is 115 Å². The molecule has 0 aliphatic heterocycles. The van der Waals surface area contributed by atoms with Crippen molar-refractivity contribution in [1.82, 2.24) is 4.90 Å². The van der Waals surface area contributed by atoms with Crippen LogP contribution in [0.25, 0.3) is 0 Å². The van der Waals surface area contributed by atoms with Crippen molar-refractivity contribution in [1.29, 1.82) is 0 Å². The van der Waals surface area contributed by atoms with Crippen molar-refractivity contribution in [3.05, 3.63) is 29.8 Å². The number of nitrogens with zero attached hydrogens (tertiary/aromatic N) is 1. The first-order valence-corrected chi connectivity index (χ1v) is 6.87. The molecule has 0 heterocycles. The molecular weight excluding hydrogens is 240 g/mol. The number of hydrogen-bond acceptors (Lipinski definition) is 3. The maximum atomic E-state index is 12.1. The molecule has 0 aliphatic rings. The molecule has 0 atom stereocenters. The summed E-state index contributed by atoms with van der Waals surface area (Å²) in [7, 11) is 0. The predicted octanol–water partition coefficient (Wildman–Crippen LogP) is 2.43. The van der Waals surface area contributed by atoms with Gasteiger partial charge in [0.15, 0.2) is 0 Å². The van der Waals surface area contributed by atoms with Crippen LogP contribution >= 0.6 is 0 Å². The van der Waals surface area contributed by atoms with Gasteiger partial charge in [-0.05, 0) is 38.0 Å². The quantitative estimate of drug-likeness (QED) is 0.579. The van der Waals surface area contributed by atoms with E-state index < -0.39 is 0 Å². The molecule has 0 radical (unpaired) electrons. The Balaban J connectivity index is 2.46. The van der Waals surface area contributed by atoms with E-state index in [2.05, 4.69) is 0 Å². The minimum atomic E-state index is 0.171. The van der Waals surface area contributed by atoms with Gasteiger partial charge in [-0.3, -0.25) is 4.79 Å². The van der Waals surface area contributed by atoms with E-state index in [1.165, 1.54) is 0 Å². The molecule has 0 spiro atoms. The van der Waals surface area contributed by atoms with Crippen LogP contribution in [0.5, 0.6) is 0 Å². The summed E-state index contributed by atoms with van der Waals surface area (Å²) in [6.07, 6.45) is 1.32. The van der Waals surface area contributed by atoms with Crippen LogP contribution in [0.2, 0.25) is 0 Å². The number of benzene rings is 1. The molecule has 19 heavy (non-hydrogen) atoms. The number of nitrogens with two attached hydrogens (primary N) is 1. The largest absolute Gasteiger partial charge is 0.399 e. The highest BCUT2D eigenvalue weighted by Gasteiger charge is 2.11. The van der Waals surface area contributed by atoms with E-state index >= 15 is 0 Å². The number of rotatable bonds is 8. The number of nitrogen functional groups attached to an aromatic ring is 1. The fraction of sp³-hybridized carbons (Fsp3) is 0.533. The summed E-state index contributed by atoms with van der Waals surface area (Å²) in [6.45, 7) is 6.64. The maximum absolute atomic E-state index is 12.1. The van der Waals surface area contributed by atoms with E-state index in [1.54, 1.807) is 0 Å². The van der Waals surface area contributed by atoms with Gasteiger partial charge in [-0.15, -0.1) is 0 Å². The van der Waals surface area contributed by atoms with Crippen LogP contribution < -0.4 is 5.73 Å². The fourth-order valence-electron chi connectivity index (χ4n) is 1.92.